The Hall–Kier alpha value is -4.14. The van der Waals surface area contributed by atoms with Crippen molar-refractivity contribution in [1.82, 2.24) is 25.5 Å². The fourth-order valence-electron chi connectivity index (χ4n) is 7.13. The van der Waals surface area contributed by atoms with Crippen molar-refractivity contribution in [3.05, 3.63) is 46.3 Å². The highest BCUT2D eigenvalue weighted by Crippen LogP contribution is 2.45. The van der Waals surface area contributed by atoms with Gasteiger partial charge in [0.2, 0.25) is 11.8 Å². The predicted octanol–water partition coefficient (Wildman–Crippen LogP) is 7.06. The number of hydrogen-bond acceptors (Lipinski definition) is 10. The summed E-state index contributed by atoms with van der Waals surface area (Å²) in [5, 5.41) is 22.5. The third-order valence-corrected chi connectivity index (χ3v) is 11.7. The number of aromatic nitrogens is 2. The molecule has 2 aliphatic carbocycles. The molecule has 3 aliphatic rings. The van der Waals surface area contributed by atoms with Crippen LogP contribution in [0.4, 0.5) is 9.93 Å². The Morgan fingerprint density at radius 3 is 2.46 bits per heavy atom. The maximum Gasteiger partial charge on any atom is 0.408 e. The number of rotatable bonds is 12. The van der Waals surface area contributed by atoms with Crippen molar-refractivity contribution in [3.8, 4) is 17.1 Å². The number of carboxylic acids is 1. The lowest BCUT2D eigenvalue weighted by Crippen LogP contribution is -2.59. The van der Waals surface area contributed by atoms with Gasteiger partial charge in [0.1, 0.15) is 41.3 Å². The Labute approximate surface area is 328 Å². The molecule has 54 heavy (non-hydrogen) atoms. The van der Waals surface area contributed by atoms with Crippen molar-refractivity contribution in [1.29, 1.82) is 0 Å². The molecule has 5 atom stereocenters. The molecule has 3 heterocycles. The molecular formula is C38H46Cl2N6O7S. The smallest absolute Gasteiger partial charge is 0.408 e. The van der Waals surface area contributed by atoms with E-state index in [2.05, 4.69) is 22.5 Å². The van der Waals surface area contributed by atoms with Crippen LogP contribution in [0.25, 0.3) is 22.3 Å². The highest BCUT2D eigenvalue weighted by molar-refractivity contribution is 7.14. The number of nitrogens with zero attached hydrogens (tertiary/aromatic N) is 3. The molecular weight excluding hydrogens is 755 g/mol. The molecule has 13 nitrogen and oxygen atoms in total. The lowest BCUT2D eigenvalue weighted by atomic mass is 9.85. The van der Waals surface area contributed by atoms with Gasteiger partial charge in [-0.2, -0.15) is 0 Å². The molecule has 3 aromatic rings. The molecule has 0 unspecified atom stereocenters. The maximum atomic E-state index is 14.6. The average molecular weight is 802 g/mol. The molecule has 2 saturated carbocycles. The number of thiazole rings is 1. The lowest BCUT2D eigenvalue weighted by Gasteiger charge is -2.35. The van der Waals surface area contributed by atoms with Gasteiger partial charge in [0.05, 0.1) is 27.8 Å². The monoisotopic (exact) mass is 800 g/mol. The van der Waals surface area contributed by atoms with Gasteiger partial charge in [-0.15, -0.1) is 17.9 Å². The summed E-state index contributed by atoms with van der Waals surface area (Å²) in [6.45, 7) is 13.1. The Morgan fingerprint density at radius 1 is 1.11 bits per heavy atom. The Kier molecular flexibility index (Phi) is 11.4. The molecule has 0 bridgehead atoms. The van der Waals surface area contributed by atoms with Crippen molar-refractivity contribution in [2.75, 3.05) is 11.9 Å². The molecule has 3 amide bonds. The van der Waals surface area contributed by atoms with Gasteiger partial charge in [-0.1, -0.05) is 50.0 Å². The van der Waals surface area contributed by atoms with E-state index in [0.29, 0.717) is 38.2 Å². The molecule has 4 N–H and O–H groups in total. The standard InChI is InChI=1S/C38H46Cl2N6O7S/c1-7-20-16-38(20,34(49)50)45-32(47)27-14-22(17-46(27)33(48)31(37(4,5)6)44-36(51)53-21-10-8-9-11-21)52-28-15-25(26-18-54-35(43-26)41-19(2)3)42-30-23(28)12-13-24(39)29(30)40/h7,12-13,15,18-22,27,31H,1,8-11,14,16-17H2,2-6H3,(H,41,43)(H,44,51)(H,45,47)(H,49,50)/t20-,22-,27+,31-,38-/m1/s1. The number of ether oxygens (including phenoxy) is 2. The van der Waals surface area contributed by atoms with E-state index in [0.717, 1.165) is 25.7 Å². The summed E-state index contributed by atoms with van der Waals surface area (Å²) in [5.74, 6) is -2.45. The summed E-state index contributed by atoms with van der Waals surface area (Å²) < 4.78 is 12.3. The lowest BCUT2D eigenvalue weighted by molar-refractivity contribution is -0.146. The highest BCUT2D eigenvalue weighted by Gasteiger charge is 2.61. The predicted molar refractivity (Wildman–Crippen MR) is 208 cm³/mol. The number of aliphatic carboxylic acids is 1. The Morgan fingerprint density at radius 2 is 1.83 bits per heavy atom. The van der Waals surface area contributed by atoms with E-state index in [-0.39, 0.29) is 36.6 Å². The van der Waals surface area contributed by atoms with E-state index in [1.807, 2.05) is 40.0 Å². The summed E-state index contributed by atoms with van der Waals surface area (Å²) >= 11 is 14.5. The van der Waals surface area contributed by atoms with E-state index in [1.165, 1.54) is 22.3 Å². The minimum absolute atomic E-state index is 0.0229. The second-order valence-electron chi connectivity index (χ2n) is 15.6. The largest absolute Gasteiger partial charge is 0.488 e. The Balaban J connectivity index is 1.33. The van der Waals surface area contributed by atoms with Gasteiger partial charge in [0.15, 0.2) is 5.13 Å². The quantitative estimate of drug-likeness (QED) is 0.139. The zero-order valence-corrected chi connectivity index (χ0v) is 33.2. The van der Waals surface area contributed by atoms with Crippen LogP contribution in [0.3, 0.4) is 0 Å². The first-order valence-electron chi connectivity index (χ1n) is 18.1. The number of benzene rings is 1. The molecule has 6 rings (SSSR count). The van der Waals surface area contributed by atoms with E-state index in [4.69, 9.17) is 42.6 Å². The van der Waals surface area contributed by atoms with Crippen LogP contribution in [0.1, 0.15) is 73.1 Å². The van der Waals surface area contributed by atoms with Gasteiger partial charge in [-0.3, -0.25) is 9.59 Å². The number of likely N-dealkylation sites (tertiary alicyclic amines) is 1. The van der Waals surface area contributed by atoms with Crippen molar-refractivity contribution in [2.45, 2.75) is 109 Å². The highest BCUT2D eigenvalue weighted by atomic mass is 35.5. The second kappa shape index (κ2) is 15.5. The van der Waals surface area contributed by atoms with E-state index in [1.54, 1.807) is 18.2 Å². The number of nitrogens with one attached hydrogen (secondary N) is 3. The van der Waals surface area contributed by atoms with Crippen LogP contribution < -0.4 is 20.7 Å². The van der Waals surface area contributed by atoms with Crippen molar-refractivity contribution in [3.63, 3.8) is 0 Å². The summed E-state index contributed by atoms with van der Waals surface area (Å²) in [5.41, 5.74) is -0.881. The molecule has 290 valence electrons. The molecule has 1 saturated heterocycles. The third-order valence-electron chi connectivity index (χ3n) is 10.1. The summed E-state index contributed by atoms with van der Waals surface area (Å²) in [6.07, 6.45) is 3.47. The van der Waals surface area contributed by atoms with Crippen LogP contribution in [0.15, 0.2) is 36.2 Å². The minimum atomic E-state index is -1.53. The summed E-state index contributed by atoms with van der Waals surface area (Å²) in [4.78, 5) is 64.9. The van der Waals surface area contributed by atoms with Crippen LogP contribution in [0, 0.1) is 11.3 Å². The number of hydrogen-bond donors (Lipinski definition) is 4. The van der Waals surface area contributed by atoms with Gasteiger partial charge in [-0.25, -0.2) is 19.6 Å². The van der Waals surface area contributed by atoms with Crippen molar-refractivity contribution >= 4 is 74.5 Å². The SMILES string of the molecule is C=C[C@@H]1C[C@]1(NC(=O)[C@@H]1C[C@@H](Oc2cc(-c3csc(NC(C)C)n3)nc3c(Cl)c(Cl)ccc23)CN1C(=O)[C@@H](NC(=O)OC1CCCC1)C(C)(C)C)C(=O)O. The molecule has 1 aromatic carbocycles. The van der Waals surface area contributed by atoms with Gasteiger partial charge >= 0.3 is 12.1 Å². The molecule has 16 heteroatoms. The number of alkyl carbamates (subject to hydrolysis) is 1. The average Bonchev–Trinajstić information content (AvgIpc) is 3.51. The maximum absolute atomic E-state index is 14.6. The van der Waals surface area contributed by atoms with Crippen LogP contribution in [0.2, 0.25) is 10.0 Å². The van der Waals surface area contributed by atoms with E-state index >= 15 is 0 Å². The molecule has 3 fully saturated rings. The first-order valence-corrected chi connectivity index (χ1v) is 19.8. The number of carbonyl (C=O) groups is 4. The Bertz CT molecular complexity index is 1960. The van der Waals surface area contributed by atoms with Gasteiger partial charge in [-0.05, 0) is 63.5 Å². The van der Waals surface area contributed by atoms with Crippen LogP contribution in [0.5, 0.6) is 5.75 Å². The number of halogens is 2. The zero-order chi connectivity index (χ0) is 39.1. The van der Waals surface area contributed by atoms with E-state index in [9.17, 15) is 24.3 Å². The number of carboxylic acid groups (broad SMARTS) is 1. The minimum Gasteiger partial charge on any atom is -0.488 e. The van der Waals surface area contributed by atoms with Gasteiger partial charge in [0.25, 0.3) is 0 Å². The van der Waals surface area contributed by atoms with Crippen molar-refractivity contribution < 1.29 is 33.8 Å². The number of pyridine rings is 1. The van der Waals surface area contributed by atoms with Crippen LogP contribution in [-0.2, 0) is 19.1 Å². The van der Waals surface area contributed by atoms with Crippen molar-refractivity contribution in [2.24, 2.45) is 11.3 Å². The summed E-state index contributed by atoms with van der Waals surface area (Å²) in [7, 11) is 0. The molecule has 1 aliphatic heterocycles. The molecule has 0 spiro atoms. The van der Waals surface area contributed by atoms with Crippen LogP contribution in [-0.4, -0.2) is 86.3 Å². The molecule has 2 aromatic heterocycles. The molecule has 0 radical (unpaired) electrons. The first-order chi connectivity index (χ1) is 25.5. The number of amides is 3. The zero-order valence-electron chi connectivity index (χ0n) is 30.9. The fraction of sp³-hybridized carbons (Fsp3) is 0.526. The second-order valence-corrected chi connectivity index (χ2v) is 17.3. The van der Waals surface area contributed by atoms with Gasteiger partial charge in [0, 0.05) is 35.2 Å². The fourth-order valence-corrected chi connectivity index (χ4v) is 8.34. The number of anilines is 1. The van der Waals surface area contributed by atoms with Crippen LogP contribution >= 0.6 is 34.5 Å². The van der Waals surface area contributed by atoms with Gasteiger partial charge < -0.3 is 35.4 Å². The van der Waals surface area contributed by atoms with E-state index < -0.39 is 58.9 Å². The normalized spacial score (nSPS) is 23.3. The number of carbonyl (C=O) groups excluding carboxylic acids is 3. The third kappa shape index (κ3) is 8.25. The summed E-state index contributed by atoms with van der Waals surface area (Å²) in [6, 6.07) is 3.06. The first kappa shape index (κ1) is 39.6. The topological polar surface area (TPSA) is 172 Å². The number of fused-ring (bicyclic) bond motifs is 1.